The van der Waals surface area contributed by atoms with Gasteiger partial charge in [-0.2, -0.15) is 0 Å². The van der Waals surface area contributed by atoms with Gasteiger partial charge in [-0.1, -0.05) is 6.08 Å². The number of rotatable bonds is 6. The van der Waals surface area contributed by atoms with E-state index in [4.69, 9.17) is 10.2 Å². The number of carboxylic acid groups (broad SMARTS) is 2. The maximum Gasteiger partial charge on any atom is 0.324 e. The van der Waals surface area contributed by atoms with E-state index in [0.29, 0.717) is 0 Å². The smallest absolute Gasteiger partial charge is 0.324 e. The third kappa shape index (κ3) is 2.80. The summed E-state index contributed by atoms with van der Waals surface area (Å²) in [5.41, 5.74) is -2.08. The molecule has 15 heavy (non-hydrogen) atoms. The zero-order valence-corrected chi connectivity index (χ0v) is 8.23. The molecule has 0 radical (unpaired) electrons. The SMILES string of the molecule is C=CCC(CC(=O)O)(C(=O)O)C(=O)OC. The summed E-state index contributed by atoms with van der Waals surface area (Å²) in [6, 6.07) is 0. The Morgan fingerprint density at radius 1 is 1.40 bits per heavy atom. The van der Waals surface area contributed by atoms with Crippen molar-refractivity contribution in [2.45, 2.75) is 12.8 Å². The van der Waals surface area contributed by atoms with E-state index in [0.717, 1.165) is 7.11 Å². The molecule has 0 aliphatic carbocycles. The second kappa shape index (κ2) is 5.14. The van der Waals surface area contributed by atoms with Crippen molar-refractivity contribution < 1.29 is 29.3 Å². The van der Waals surface area contributed by atoms with Gasteiger partial charge in [0.1, 0.15) is 0 Å². The van der Waals surface area contributed by atoms with Crippen molar-refractivity contribution in [1.29, 1.82) is 0 Å². The lowest BCUT2D eigenvalue weighted by Gasteiger charge is -2.22. The van der Waals surface area contributed by atoms with Crippen LogP contribution in [0.15, 0.2) is 12.7 Å². The van der Waals surface area contributed by atoms with Gasteiger partial charge in [-0.3, -0.25) is 14.4 Å². The number of allylic oxidation sites excluding steroid dienone is 1. The van der Waals surface area contributed by atoms with Gasteiger partial charge in [0.15, 0.2) is 5.41 Å². The van der Waals surface area contributed by atoms with Gasteiger partial charge in [-0.25, -0.2) is 0 Å². The van der Waals surface area contributed by atoms with Crippen LogP contribution in [0.5, 0.6) is 0 Å². The van der Waals surface area contributed by atoms with Crippen LogP contribution in [0, 0.1) is 5.41 Å². The zero-order valence-electron chi connectivity index (χ0n) is 8.23. The number of carboxylic acids is 2. The van der Waals surface area contributed by atoms with Gasteiger partial charge in [-0.15, -0.1) is 6.58 Å². The first-order chi connectivity index (χ1) is 6.90. The molecular formula is C9H12O6. The molecule has 6 heteroatoms. The van der Waals surface area contributed by atoms with E-state index in [2.05, 4.69) is 11.3 Å². The first kappa shape index (κ1) is 13.2. The maximum absolute atomic E-state index is 11.3. The van der Waals surface area contributed by atoms with E-state index in [1.807, 2.05) is 0 Å². The lowest BCUT2D eigenvalue weighted by Crippen LogP contribution is -2.41. The molecule has 0 fully saturated rings. The van der Waals surface area contributed by atoms with E-state index >= 15 is 0 Å². The van der Waals surface area contributed by atoms with Gasteiger partial charge >= 0.3 is 17.9 Å². The summed E-state index contributed by atoms with van der Waals surface area (Å²) in [6.45, 7) is 3.29. The van der Waals surface area contributed by atoms with E-state index in [-0.39, 0.29) is 6.42 Å². The van der Waals surface area contributed by atoms with Crippen molar-refractivity contribution in [3.63, 3.8) is 0 Å². The molecule has 0 aliphatic rings. The van der Waals surface area contributed by atoms with Crippen molar-refractivity contribution in [3.8, 4) is 0 Å². The topological polar surface area (TPSA) is 101 Å². The molecule has 0 saturated carbocycles. The molecule has 2 N–H and O–H groups in total. The van der Waals surface area contributed by atoms with Crippen molar-refractivity contribution in [3.05, 3.63) is 12.7 Å². The fraction of sp³-hybridized carbons (Fsp3) is 0.444. The van der Waals surface area contributed by atoms with Crippen molar-refractivity contribution in [1.82, 2.24) is 0 Å². The monoisotopic (exact) mass is 216 g/mol. The number of methoxy groups -OCH3 is 1. The molecule has 0 spiro atoms. The van der Waals surface area contributed by atoms with E-state index in [9.17, 15) is 14.4 Å². The van der Waals surface area contributed by atoms with Crippen LogP contribution in [-0.4, -0.2) is 35.2 Å². The standard InChI is InChI=1S/C9H12O6/c1-3-4-9(7(12)13,5-6(10)11)8(14)15-2/h3H,1,4-5H2,2H3,(H,10,11)(H,12,13). The van der Waals surface area contributed by atoms with Crippen LogP contribution in [0.1, 0.15) is 12.8 Å². The van der Waals surface area contributed by atoms with E-state index in [1.165, 1.54) is 6.08 Å². The Labute approximate surface area is 86.2 Å². The molecule has 1 atom stereocenters. The minimum absolute atomic E-state index is 0.290. The highest BCUT2D eigenvalue weighted by atomic mass is 16.5. The predicted molar refractivity (Wildman–Crippen MR) is 49.2 cm³/mol. The molecule has 0 bridgehead atoms. The molecule has 0 aliphatic heterocycles. The fourth-order valence-electron chi connectivity index (χ4n) is 1.18. The molecule has 0 aromatic carbocycles. The molecule has 0 rings (SSSR count). The largest absolute Gasteiger partial charge is 0.481 e. The Hall–Kier alpha value is -1.85. The summed E-state index contributed by atoms with van der Waals surface area (Å²) in [4.78, 5) is 32.7. The minimum atomic E-state index is -2.08. The van der Waals surface area contributed by atoms with Gasteiger partial charge < -0.3 is 14.9 Å². The normalized spacial score (nSPS) is 13.7. The molecular weight excluding hydrogens is 204 g/mol. The second-order valence-electron chi connectivity index (χ2n) is 2.94. The quantitative estimate of drug-likeness (QED) is 0.375. The van der Waals surface area contributed by atoms with Gasteiger partial charge in [-0.05, 0) is 6.42 Å². The molecule has 0 aromatic rings. The lowest BCUT2D eigenvalue weighted by atomic mass is 9.81. The minimum Gasteiger partial charge on any atom is -0.481 e. The highest BCUT2D eigenvalue weighted by Gasteiger charge is 2.48. The van der Waals surface area contributed by atoms with Crippen LogP contribution in [0.4, 0.5) is 0 Å². The summed E-state index contributed by atoms with van der Waals surface area (Å²) < 4.78 is 4.30. The highest BCUT2D eigenvalue weighted by molar-refractivity contribution is 6.02. The van der Waals surface area contributed by atoms with Gasteiger partial charge in [0.2, 0.25) is 0 Å². The number of hydrogen-bond acceptors (Lipinski definition) is 4. The number of hydrogen-bond donors (Lipinski definition) is 2. The highest BCUT2D eigenvalue weighted by Crippen LogP contribution is 2.29. The van der Waals surface area contributed by atoms with Crippen LogP contribution in [-0.2, 0) is 19.1 Å². The van der Waals surface area contributed by atoms with E-state index in [1.54, 1.807) is 0 Å². The van der Waals surface area contributed by atoms with Crippen LogP contribution < -0.4 is 0 Å². The van der Waals surface area contributed by atoms with Crippen LogP contribution in [0.2, 0.25) is 0 Å². The number of carbonyl (C=O) groups excluding carboxylic acids is 1. The summed E-state index contributed by atoms with van der Waals surface area (Å²) in [6.07, 6.45) is 0.0519. The van der Waals surface area contributed by atoms with Crippen molar-refractivity contribution >= 4 is 17.9 Å². The predicted octanol–water partition coefficient (Wildman–Crippen LogP) is 0.281. The summed E-state index contributed by atoms with van der Waals surface area (Å²) in [5, 5.41) is 17.5. The molecule has 1 unspecified atom stereocenters. The lowest BCUT2D eigenvalue weighted by molar-refractivity contribution is -0.171. The summed E-state index contributed by atoms with van der Waals surface area (Å²) in [5.74, 6) is -4.00. The fourth-order valence-corrected chi connectivity index (χ4v) is 1.18. The molecule has 0 saturated heterocycles. The Morgan fingerprint density at radius 3 is 2.20 bits per heavy atom. The second-order valence-corrected chi connectivity index (χ2v) is 2.94. The average Bonchev–Trinajstić information content (AvgIpc) is 2.14. The Balaban J connectivity index is 5.24. The van der Waals surface area contributed by atoms with Crippen molar-refractivity contribution in [2.24, 2.45) is 5.41 Å². The molecule has 0 aromatic heterocycles. The third-order valence-electron chi connectivity index (χ3n) is 1.93. The van der Waals surface area contributed by atoms with Crippen LogP contribution >= 0.6 is 0 Å². The number of esters is 1. The van der Waals surface area contributed by atoms with Crippen LogP contribution in [0.25, 0.3) is 0 Å². The molecule has 84 valence electrons. The van der Waals surface area contributed by atoms with Crippen molar-refractivity contribution in [2.75, 3.05) is 7.11 Å². The summed E-state index contributed by atoms with van der Waals surface area (Å²) in [7, 11) is 1.00. The Bertz CT molecular complexity index is 295. The zero-order chi connectivity index (χ0) is 12.1. The van der Waals surface area contributed by atoms with Crippen LogP contribution in [0.3, 0.4) is 0 Å². The van der Waals surface area contributed by atoms with Gasteiger partial charge in [0.25, 0.3) is 0 Å². The maximum atomic E-state index is 11.3. The van der Waals surface area contributed by atoms with Gasteiger partial charge in [0.05, 0.1) is 13.5 Å². The average molecular weight is 216 g/mol. The first-order valence-corrected chi connectivity index (χ1v) is 4.05. The number of aliphatic carboxylic acids is 2. The Kier molecular flexibility index (Phi) is 4.50. The molecule has 0 heterocycles. The van der Waals surface area contributed by atoms with Gasteiger partial charge in [0, 0.05) is 0 Å². The third-order valence-corrected chi connectivity index (χ3v) is 1.93. The molecule has 0 amide bonds. The summed E-state index contributed by atoms with van der Waals surface area (Å²) >= 11 is 0. The number of ether oxygens (including phenoxy) is 1. The molecule has 6 nitrogen and oxygen atoms in total. The Morgan fingerprint density at radius 2 is 1.93 bits per heavy atom. The number of carbonyl (C=O) groups is 3. The first-order valence-electron chi connectivity index (χ1n) is 4.05. The van der Waals surface area contributed by atoms with E-state index < -0.39 is 29.7 Å².